The van der Waals surface area contributed by atoms with E-state index >= 15 is 0 Å². The molecule has 2 rings (SSSR count). The monoisotopic (exact) mass is 206 g/mol. The van der Waals surface area contributed by atoms with Gasteiger partial charge in [-0.1, -0.05) is 6.07 Å². The number of ether oxygens (including phenoxy) is 1. The molecule has 1 aromatic rings. The molecule has 1 heterocycles. The highest BCUT2D eigenvalue weighted by Gasteiger charge is 2.10. The predicted molar refractivity (Wildman–Crippen MR) is 57.5 cm³/mol. The van der Waals surface area contributed by atoms with Gasteiger partial charge in [0.05, 0.1) is 0 Å². The largest absolute Gasteiger partial charge is 0.375 e. The van der Waals surface area contributed by atoms with Crippen LogP contribution in [0.25, 0.3) is 0 Å². The standard InChI is InChI=1S/C11H14N2O2/c1-15-7-11(14)13-10-3-2-8-5-12-6-9(8)4-10/h2-4,12H,5-7H2,1H3,(H,13,14). The molecule has 0 unspecified atom stereocenters. The van der Waals surface area contributed by atoms with Crippen molar-refractivity contribution in [2.45, 2.75) is 13.1 Å². The Kier molecular flexibility index (Phi) is 2.99. The molecule has 0 atom stereocenters. The SMILES string of the molecule is COCC(=O)Nc1ccc2c(c1)CNC2. The normalized spacial score (nSPS) is 13.7. The number of hydrogen-bond acceptors (Lipinski definition) is 3. The van der Waals surface area contributed by atoms with Crippen LogP contribution >= 0.6 is 0 Å². The number of benzene rings is 1. The van der Waals surface area contributed by atoms with Gasteiger partial charge in [0.15, 0.2) is 0 Å². The maximum absolute atomic E-state index is 11.3. The Morgan fingerprint density at radius 1 is 1.47 bits per heavy atom. The van der Waals surface area contributed by atoms with Crippen LogP contribution in [0.2, 0.25) is 0 Å². The maximum Gasteiger partial charge on any atom is 0.250 e. The number of carbonyl (C=O) groups excluding carboxylic acids is 1. The lowest BCUT2D eigenvalue weighted by Gasteiger charge is -2.06. The number of nitrogens with one attached hydrogen (secondary N) is 2. The van der Waals surface area contributed by atoms with Crippen molar-refractivity contribution >= 4 is 11.6 Å². The van der Waals surface area contributed by atoms with Crippen molar-refractivity contribution in [3.63, 3.8) is 0 Å². The van der Waals surface area contributed by atoms with Crippen LogP contribution in [-0.2, 0) is 22.6 Å². The lowest BCUT2D eigenvalue weighted by atomic mass is 10.1. The molecule has 4 nitrogen and oxygen atoms in total. The van der Waals surface area contributed by atoms with Gasteiger partial charge in [0.1, 0.15) is 6.61 Å². The summed E-state index contributed by atoms with van der Waals surface area (Å²) in [5.41, 5.74) is 3.39. The first-order valence-corrected chi connectivity index (χ1v) is 4.91. The third-order valence-corrected chi connectivity index (χ3v) is 2.40. The number of anilines is 1. The summed E-state index contributed by atoms with van der Waals surface area (Å²) in [6, 6.07) is 5.96. The third-order valence-electron chi connectivity index (χ3n) is 2.40. The minimum Gasteiger partial charge on any atom is -0.375 e. The molecule has 0 fully saturated rings. The summed E-state index contributed by atoms with van der Waals surface area (Å²) in [6.45, 7) is 1.89. The van der Waals surface area contributed by atoms with E-state index in [0.29, 0.717) is 0 Å². The van der Waals surface area contributed by atoms with Crippen LogP contribution in [-0.4, -0.2) is 19.6 Å². The van der Waals surface area contributed by atoms with E-state index in [9.17, 15) is 4.79 Å². The van der Waals surface area contributed by atoms with Crippen LogP contribution in [0.15, 0.2) is 18.2 Å². The van der Waals surface area contributed by atoms with Crippen LogP contribution in [0.3, 0.4) is 0 Å². The smallest absolute Gasteiger partial charge is 0.250 e. The van der Waals surface area contributed by atoms with Gasteiger partial charge in [-0.15, -0.1) is 0 Å². The molecule has 1 aromatic carbocycles. The zero-order chi connectivity index (χ0) is 10.7. The van der Waals surface area contributed by atoms with Gasteiger partial charge in [-0.3, -0.25) is 4.79 Å². The topological polar surface area (TPSA) is 50.4 Å². The van der Waals surface area contributed by atoms with Gasteiger partial charge in [-0.05, 0) is 23.3 Å². The second-order valence-electron chi connectivity index (χ2n) is 3.57. The number of methoxy groups -OCH3 is 1. The predicted octanol–water partition coefficient (Wildman–Crippen LogP) is 0.875. The van der Waals surface area contributed by atoms with Gasteiger partial charge in [0, 0.05) is 25.9 Å². The maximum atomic E-state index is 11.3. The minimum atomic E-state index is -0.122. The average molecular weight is 206 g/mol. The molecule has 2 N–H and O–H groups in total. The van der Waals surface area contributed by atoms with Gasteiger partial charge in [0.25, 0.3) is 0 Å². The van der Waals surface area contributed by atoms with Crippen molar-refractivity contribution < 1.29 is 9.53 Å². The van der Waals surface area contributed by atoms with Crippen molar-refractivity contribution in [3.8, 4) is 0 Å². The molecule has 80 valence electrons. The van der Waals surface area contributed by atoms with Crippen molar-refractivity contribution in [2.24, 2.45) is 0 Å². The lowest BCUT2D eigenvalue weighted by Crippen LogP contribution is -2.17. The van der Waals surface area contributed by atoms with Gasteiger partial charge in [-0.2, -0.15) is 0 Å². The fraction of sp³-hybridized carbons (Fsp3) is 0.364. The van der Waals surface area contributed by atoms with Gasteiger partial charge in [-0.25, -0.2) is 0 Å². The fourth-order valence-electron chi connectivity index (χ4n) is 1.70. The number of hydrogen-bond donors (Lipinski definition) is 2. The Hall–Kier alpha value is -1.39. The molecule has 0 aromatic heterocycles. The number of carbonyl (C=O) groups is 1. The van der Waals surface area contributed by atoms with Gasteiger partial charge in [0.2, 0.25) is 5.91 Å². The quantitative estimate of drug-likeness (QED) is 0.771. The molecule has 0 radical (unpaired) electrons. The van der Waals surface area contributed by atoms with E-state index in [0.717, 1.165) is 18.8 Å². The summed E-state index contributed by atoms with van der Waals surface area (Å²) in [4.78, 5) is 11.3. The summed E-state index contributed by atoms with van der Waals surface area (Å²) < 4.78 is 4.74. The Bertz CT molecular complexity index is 377. The van der Waals surface area contributed by atoms with Crippen molar-refractivity contribution in [3.05, 3.63) is 29.3 Å². The molecule has 15 heavy (non-hydrogen) atoms. The van der Waals surface area contributed by atoms with Crippen molar-refractivity contribution in [1.82, 2.24) is 5.32 Å². The summed E-state index contributed by atoms with van der Waals surface area (Å²) in [6.07, 6.45) is 0. The molecule has 0 saturated heterocycles. The second kappa shape index (κ2) is 4.42. The molecule has 0 bridgehead atoms. The fourth-order valence-corrected chi connectivity index (χ4v) is 1.70. The average Bonchev–Trinajstić information content (AvgIpc) is 2.65. The van der Waals surface area contributed by atoms with Crippen LogP contribution in [0, 0.1) is 0 Å². The number of rotatable bonds is 3. The summed E-state index contributed by atoms with van der Waals surface area (Å²) >= 11 is 0. The van der Waals surface area contributed by atoms with E-state index < -0.39 is 0 Å². The first-order chi connectivity index (χ1) is 7.29. The number of amides is 1. The Balaban J connectivity index is 2.06. The first-order valence-electron chi connectivity index (χ1n) is 4.91. The third kappa shape index (κ3) is 2.34. The molecule has 4 heteroatoms. The molecule has 0 saturated carbocycles. The van der Waals surface area contributed by atoms with E-state index in [4.69, 9.17) is 4.74 Å². The van der Waals surface area contributed by atoms with E-state index in [2.05, 4.69) is 10.6 Å². The Morgan fingerprint density at radius 2 is 2.27 bits per heavy atom. The van der Waals surface area contributed by atoms with E-state index in [1.165, 1.54) is 18.2 Å². The highest BCUT2D eigenvalue weighted by molar-refractivity contribution is 5.91. The summed E-state index contributed by atoms with van der Waals surface area (Å²) in [5.74, 6) is -0.122. The second-order valence-corrected chi connectivity index (χ2v) is 3.57. The Labute approximate surface area is 88.6 Å². The van der Waals surface area contributed by atoms with Crippen LogP contribution in [0.5, 0.6) is 0 Å². The van der Waals surface area contributed by atoms with Crippen LogP contribution in [0.1, 0.15) is 11.1 Å². The molecule has 0 aliphatic carbocycles. The Morgan fingerprint density at radius 3 is 3.07 bits per heavy atom. The first kappa shape index (κ1) is 10.1. The summed E-state index contributed by atoms with van der Waals surface area (Å²) in [5, 5.41) is 6.04. The molecule has 1 amide bonds. The molecule has 1 aliphatic heterocycles. The highest BCUT2D eigenvalue weighted by Crippen LogP contribution is 2.19. The zero-order valence-electron chi connectivity index (χ0n) is 8.67. The van der Waals surface area contributed by atoms with Crippen LogP contribution in [0.4, 0.5) is 5.69 Å². The molecular formula is C11H14N2O2. The van der Waals surface area contributed by atoms with Gasteiger partial charge < -0.3 is 15.4 Å². The van der Waals surface area contributed by atoms with E-state index in [1.54, 1.807) is 0 Å². The van der Waals surface area contributed by atoms with E-state index in [-0.39, 0.29) is 12.5 Å². The minimum absolute atomic E-state index is 0.0926. The van der Waals surface area contributed by atoms with E-state index in [1.807, 2.05) is 18.2 Å². The van der Waals surface area contributed by atoms with Crippen molar-refractivity contribution in [1.29, 1.82) is 0 Å². The van der Waals surface area contributed by atoms with Gasteiger partial charge >= 0.3 is 0 Å². The van der Waals surface area contributed by atoms with Crippen molar-refractivity contribution in [2.75, 3.05) is 19.0 Å². The zero-order valence-corrected chi connectivity index (χ0v) is 8.67. The van der Waals surface area contributed by atoms with Crippen LogP contribution < -0.4 is 10.6 Å². The lowest BCUT2D eigenvalue weighted by molar-refractivity contribution is -0.119. The molecular weight excluding hydrogens is 192 g/mol. The number of fused-ring (bicyclic) bond motifs is 1. The highest BCUT2D eigenvalue weighted by atomic mass is 16.5. The molecule has 1 aliphatic rings. The molecule has 0 spiro atoms. The summed E-state index contributed by atoms with van der Waals surface area (Å²) in [7, 11) is 1.51.